The predicted molar refractivity (Wildman–Crippen MR) is 88.1 cm³/mol. The van der Waals surface area contributed by atoms with Crippen LogP contribution in [-0.4, -0.2) is 33.2 Å². The number of halogens is 1. The molecule has 1 amide bonds. The van der Waals surface area contributed by atoms with E-state index in [1.165, 1.54) is 4.80 Å². The second-order valence-electron chi connectivity index (χ2n) is 4.94. The molecular formula is C16H14ClN5O. The van der Waals surface area contributed by atoms with E-state index in [2.05, 4.69) is 15.4 Å². The van der Waals surface area contributed by atoms with Crippen LogP contribution in [0.15, 0.2) is 54.6 Å². The molecule has 1 aromatic heterocycles. The molecule has 23 heavy (non-hydrogen) atoms. The minimum Gasteiger partial charge on any atom is -0.314 e. The third-order valence-corrected chi connectivity index (χ3v) is 3.60. The zero-order valence-corrected chi connectivity index (χ0v) is 13.2. The Kier molecular flexibility index (Phi) is 4.34. The van der Waals surface area contributed by atoms with Gasteiger partial charge in [-0.05, 0) is 41.6 Å². The van der Waals surface area contributed by atoms with Crippen molar-refractivity contribution < 1.29 is 4.79 Å². The number of rotatable bonds is 4. The lowest BCUT2D eigenvalue weighted by molar-refractivity contribution is -0.119. The molecule has 0 bridgehead atoms. The number of para-hydroxylation sites is 1. The first-order chi connectivity index (χ1) is 11.1. The summed E-state index contributed by atoms with van der Waals surface area (Å²) < 4.78 is 0. The molecule has 3 rings (SSSR count). The summed E-state index contributed by atoms with van der Waals surface area (Å²) in [6.07, 6.45) is 0. The molecule has 0 saturated heterocycles. The van der Waals surface area contributed by atoms with Crippen LogP contribution < -0.4 is 4.90 Å². The second-order valence-corrected chi connectivity index (χ2v) is 5.38. The molecule has 0 N–H and O–H groups in total. The van der Waals surface area contributed by atoms with Crippen LogP contribution in [0.4, 0.5) is 5.69 Å². The van der Waals surface area contributed by atoms with Gasteiger partial charge in [0.05, 0.1) is 0 Å². The molecule has 0 atom stereocenters. The van der Waals surface area contributed by atoms with Crippen molar-refractivity contribution in [2.75, 3.05) is 11.9 Å². The third-order valence-electron chi connectivity index (χ3n) is 3.35. The Labute approximate surface area is 138 Å². The number of nitrogens with zero attached hydrogens (tertiary/aromatic N) is 5. The van der Waals surface area contributed by atoms with Crippen LogP contribution in [0, 0.1) is 0 Å². The number of amides is 1. The number of carbonyl (C=O) groups is 1. The molecule has 1 heterocycles. The smallest absolute Gasteiger partial charge is 0.250 e. The van der Waals surface area contributed by atoms with Gasteiger partial charge in [0.25, 0.3) is 0 Å². The van der Waals surface area contributed by atoms with Crippen LogP contribution in [0.25, 0.3) is 11.4 Å². The van der Waals surface area contributed by atoms with Crippen LogP contribution in [0.5, 0.6) is 0 Å². The van der Waals surface area contributed by atoms with Gasteiger partial charge in [-0.25, -0.2) is 0 Å². The number of benzene rings is 2. The van der Waals surface area contributed by atoms with E-state index >= 15 is 0 Å². The molecule has 0 aliphatic heterocycles. The standard InChI is InChI=1S/C16H14ClN5O/c1-21(14-5-3-2-4-6-14)15(23)11-22-19-16(18-20-22)12-7-9-13(17)10-8-12/h2-10H,11H2,1H3. The number of likely N-dealkylation sites (N-methyl/N-ethyl adjacent to an activating group) is 1. The van der Waals surface area contributed by atoms with Crippen molar-refractivity contribution in [3.63, 3.8) is 0 Å². The highest BCUT2D eigenvalue weighted by Crippen LogP contribution is 2.17. The minimum atomic E-state index is -0.128. The lowest BCUT2D eigenvalue weighted by Crippen LogP contribution is -2.30. The molecule has 0 radical (unpaired) electrons. The zero-order chi connectivity index (χ0) is 16.2. The summed E-state index contributed by atoms with van der Waals surface area (Å²) in [4.78, 5) is 15.1. The Morgan fingerprint density at radius 3 is 2.52 bits per heavy atom. The van der Waals surface area contributed by atoms with Crippen molar-refractivity contribution >= 4 is 23.2 Å². The summed E-state index contributed by atoms with van der Waals surface area (Å²) in [5.74, 6) is 0.327. The molecule has 0 saturated carbocycles. The quantitative estimate of drug-likeness (QED) is 0.739. The number of hydrogen-bond donors (Lipinski definition) is 0. The topological polar surface area (TPSA) is 63.9 Å². The van der Waals surface area contributed by atoms with E-state index in [1.807, 2.05) is 42.5 Å². The predicted octanol–water partition coefficient (Wildman–Crippen LogP) is 2.66. The average Bonchev–Trinajstić information content (AvgIpc) is 3.04. The molecule has 116 valence electrons. The minimum absolute atomic E-state index is 0.0198. The van der Waals surface area contributed by atoms with Crippen molar-refractivity contribution in [1.29, 1.82) is 0 Å². The molecule has 6 nitrogen and oxygen atoms in total. The maximum Gasteiger partial charge on any atom is 0.250 e. The van der Waals surface area contributed by atoms with E-state index in [-0.39, 0.29) is 12.5 Å². The zero-order valence-electron chi connectivity index (χ0n) is 12.4. The highest BCUT2D eigenvalue weighted by molar-refractivity contribution is 6.30. The van der Waals surface area contributed by atoms with Crippen LogP contribution in [0.1, 0.15) is 0 Å². The Hall–Kier alpha value is -2.73. The largest absolute Gasteiger partial charge is 0.314 e. The fourth-order valence-electron chi connectivity index (χ4n) is 2.05. The van der Waals surface area contributed by atoms with Gasteiger partial charge in [0.1, 0.15) is 6.54 Å². The SMILES string of the molecule is CN(C(=O)Cn1nnc(-c2ccc(Cl)cc2)n1)c1ccccc1. The van der Waals surface area contributed by atoms with Crippen LogP contribution in [-0.2, 0) is 11.3 Å². The Bertz CT molecular complexity index is 801. The fourth-order valence-corrected chi connectivity index (χ4v) is 2.17. The van der Waals surface area contributed by atoms with Crippen molar-refractivity contribution in [2.45, 2.75) is 6.54 Å². The third kappa shape index (κ3) is 3.54. The second kappa shape index (κ2) is 6.58. The highest BCUT2D eigenvalue weighted by atomic mass is 35.5. The monoisotopic (exact) mass is 327 g/mol. The number of hydrogen-bond acceptors (Lipinski definition) is 4. The van der Waals surface area contributed by atoms with E-state index in [4.69, 9.17) is 11.6 Å². The highest BCUT2D eigenvalue weighted by Gasteiger charge is 2.14. The maximum absolute atomic E-state index is 12.3. The van der Waals surface area contributed by atoms with Gasteiger partial charge in [-0.3, -0.25) is 4.79 Å². The fraction of sp³-hybridized carbons (Fsp3) is 0.125. The Morgan fingerprint density at radius 2 is 1.83 bits per heavy atom. The number of anilines is 1. The van der Waals surface area contributed by atoms with Gasteiger partial charge in [0.2, 0.25) is 11.7 Å². The first kappa shape index (κ1) is 15.2. The van der Waals surface area contributed by atoms with E-state index < -0.39 is 0 Å². The van der Waals surface area contributed by atoms with Crippen LogP contribution in [0.2, 0.25) is 5.02 Å². The van der Waals surface area contributed by atoms with Gasteiger partial charge < -0.3 is 4.90 Å². The molecule has 0 unspecified atom stereocenters. The van der Waals surface area contributed by atoms with Gasteiger partial charge in [0.15, 0.2) is 0 Å². The first-order valence-corrected chi connectivity index (χ1v) is 7.36. The summed E-state index contributed by atoms with van der Waals surface area (Å²) in [5.41, 5.74) is 1.61. The summed E-state index contributed by atoms with van der Waals surface area (Å²) in [6.45, 7) is 0.0198. The summed E-state index contributed by atoms with van der Waals surface area (Å²) >= 11 is 5.85. The summed E-state index contributed by atoms with van der Waals surface area (Å²) in [6, 6.07) is 16.5. The van der Waals surface area contributed by atoms with Crippen molar-refractivity contribution in [2.24, 2.45) is 0 Å². The first-order valence-electron chi connectivity index (χ1n) is 6.99. The summed E-state index contributed by atoms with van der Waals surface area (Å²) in [5, 5.41) is 12.8. The van der Waals surface area contributed by atoms with Crippen molar-refractivity contribution in [3.8, 4) is 11.4 Å². The Morgan fingerprint density at radius 1 is 1.13 bits per heavy atom. The maximum atomic E-state index is 12.3. The van der Waals surface area contributed by atoms with E-state index in [1.54, 1.807) is 24.1 Å². The van der Waals surface area contributed by atoms with Crippen molar-refractivity contribution in [3.05, 3.63) is 59.6 Å². The molecular weight excluding hydrogens is 314 g/mol. The molecule has 0 aliphatic carbocycles. The Balaban J connectivity index is 1.71. The van der Waals surface area contributed by atoms with Crippen LogP contribution >= 0.6 is 11.6 Å². The molecule has 0 fully saturated rings. The van der Waals surface area contributed by atoms with E-state index in [0.717, 1.165) is 11.3 Å². The van der Waals surface area contributed by atoms with Gasteiger partial charge in [-0.15, -0.1) is 10.2 Å². The number of carbonyl (C=O) groups excluding carboxylic acids is 1. The lowest BCUT2D eigenvalue weighted by Gasteiger charge is -2.16. The van der Waals surface area contributed by atoms with Gasteiger partial charge in [-0.1, -0.05) is 29.8 Å². The van der Waals surface area contributed by atoms with Crippen LogP contribution in [0.3, 0.4) is 0 Å². The average molecular weight is 328 g/mol. The number of aromatic nitrogens is 4. The number of tetrazole rings is 1. The molecule has 7 heteroatoms. The molecule has 3 aromatic rings. The normalized spacial score (nSPS) is 10.5. The molecule has 2 aromatic carbocycles. The van der Waals surface area contributed by atoms with Gasteiger partial charge >= 0.3 is 0 Å². The lowest BCUT2D eigenvalue weighted by atomic mass is 10.2. The van der Waals surface area contributed by atoms with E-state index in [0.29, 0.717) is 10.8 Å². The van der Waals surface area contributed by atoms with Gasteiger partial charge in [-0.2, -0.15) is 4.80 Å². The van der Waals surface area contributed by atoms with Crippen molar-refractivity contribution in [1.82, 2.24) is 20.2 Å². The molecule has 0 aliphatic rings. The van der Waals surface area contributed by atoms with Gasteiger partial charge in [0, 0.05) is 23.3 Å². The molecule has 0 spiro atoms. The van der Waals surface area contributed by atoms with E-state index in [9.17, 15) is 4.79 Å². The summed E-state index contributed by atoms with van der Waals surface area (Å²) in [7, 11) is 1.72.